The highest BCUT2D eigenvalue weighted by atomic mass is 79.9. The topological polar surface area (TPSA) is 94.0 Å². The molecule has 10 heteroatoms. The fourth-order valence-electron chi connectivity index (χ4n) is 5.68. The summed E-state index contributed by atoms with van der Waals surface area (Å²) in [4.78, 5) is 48.1. The molecule has 1 amide bonds. The number of hydrogen-bond donors (Lipinski definition) is 0. The number of carbonyl (C=O) groups is 2. The highest BCUT2D eigenvalue weighted by Crippen LogP contribution is 2.42. The summed E-state index contributed by atoms with van der Waals surface area (Å²) in [6.45, 7) is 8.06. The Hall–Kier alpha value is -3.66. The lowest BCUT2D eigenvalue weighted by molar-refractivity contribution is -0.145. The molecule has 3 heterocycles. The first-order valence-electron chi connectivity index (χ1n) is 14.3. The van der Waals surface area contributed by atoms with Crippen LogP contribution in [0.4, 0.5) is 10.6 Å². The molecule has 0 atom stereocenters. The Labute approximate surface area is 254 Å². The number of ether oxygens (including phenoxy) is 2. The zero-order valence-electron chi connectivity index (χ0n) is 24.3. The minimum absolute atomic E-state index is 0.0172. The van der Waals surface area contributed by atoms with Crippen LogP contribution in [0.25, 0.3) is 11.3 Å². The second-order valence-corrected chi connectivity index (χ2v) is 12.9. The number of piperidine rings is 1. The predicted octanol–water partition coefficient (Wildman–Crippen LogP) is 5.64. The summed E-state index contributed by atoms with van der Waals surface area (Å²) in [6, 6.07) is 18.9. The van der Waals surface area contributed by atoms with E-state index in [1.54, 1.807) is 4.90 Å². The number of likely N-dealkylation sites (tertiary alicyclic amines) is 1. The summed E-state index contributed by atoms with van der Waals surface area (Å²) < 4.78 is 13.1. The molecule has 2 aliphatic heterocycles. The maximum atomic E-state index is 14.0. The van der Waals surface area contributed by atoms with Gasteiger partial charge >= 0.3 is 12.1 Å². The second kappa shape index (κ2) is 12.3. The lowest BCUT2D eigenvalue weighted by atomic mass is 9.78. The molecule has 1 spiro atoms. The number of rotatable bonds is 6. The van der Waals surface area contributed by atoms with Gasteiger partial charge in [-0.1, -0.05) is 60.7 Å². The average Bonchev–Trinajstić information content (AvgIpc) is 3.37. The number of nitrogens with zero attached hydrogens (tertiary/aromatic N) is 4. The van der Waals surface area contributed by atoms with Crippen molar-refractivity contribution in [3.05, 3.63) is 81.2 Å². The van der Waals surface area contributed by atoms with E-state index in [0.717, 1.165) is 30.4 Å². The minimum Gasteiger partial charge on any atom is -0.459 e. The molecule has 2 fully saturated rings. The summed E-state index contributed by atoms with van der Waals surface area (Å²) >= 11 is 3.61. The van der Waals surface area contributed by atoms with Crippen molar-refractivity contribution >= 4 is 33.8 Å². The van der Waals surface area contributed by atoms with Crippen molar-refractivity contribution in [2.45, 2.75) is 58.8 Å². The zero-order valence-corrected chi connectivity index (χ0v) is 25.9. The van der Waals surface area contributed by atoms with Crippen LogP contribution in [0.2, 0.25) is 0 Å². The van der Waals surface area contributed by atoms with Crippen LogP contribution < -0.4 is 10.5 Å². The molecule has 222 valence electrons. The predicted molar refractivity (Wildman–Crippen MR) is 164 cm³/mol. The highest BCUT2D eigenvalue weighted by molar-refractivity contribution is 9.10. The maximum absolute atomic E-state index is 14.0. The third kappa shape index (κ3) is 6.86. The standard InChI is InChI=1S/C32H37BrN4O5/c1-31(2,3)42-30(40)35-17-14-32(15-18-35)16-19-36(22-32)28-29(39)37(20-25(38)41-21-23-10-6-4-7-11-23)26(27(33)34-28)24-12-8-5-9-13-24/h4-13H,14-22H2,1-3H3. The molecular weight excluding hydrogens is 600 g/mol. The molecule has 0 bridgehead atoms. The van der Waals surface area contributed by atoms with E-state index in [1.165, 1.54) is 4.57 Å². The number of halogens is 1. The maximum Gasteiger partial charge on any atom is 0.410 e. The normalized spacial score (nSPS) is 16.5. The molecule has 5 rings (SSSR count). The molecule has 0 radical (unpaired) electrons. The second-order valence-electron chi connectivity index (χ2n) is 12.1. The third-order valence-corrected chi connectivity index (χ3v) is 8.45. The molecular formula is C32H37BrN4O5. The van der Waals surface area contributed by atoms with E-state index < -0.39 is 11.6 Å². The molecule has 3 aromatic rings. The summed E-state index contributed by atoms with van der Waals surface area (Å²) in [5.74, 6) is -0.196. The van der Waals surface area contributed by atoms with Crippen molar-refractivity contribution in [3.63, 3.8) is 0 Å². The lowest BCUT2D eigenvalue weighted by Crippen LogP contribution is -2.46. The van der Waals surface area contributed by atoms with Crippen molar-refractivity contribution in [2.24, 2.45) is 5.41 Å². The van der Waals surface area contributed by atoms with Gasteiger partial charge in [0.2, 0.25) is 0 Å². The van der Waals surface area contributed by atoms with Crippen LogP contribution in [0.1, 0.15) is 45.6 Å². The fourth-order valence-corrected chi connectivity index (χ4v) is 6.29. The molecule has 2 saturated heterocycles. The number of amides is 1. The van der Waals surface area contributed by atoms with Crippen LogP contribution in [-0.4, -0.2) is 58.3 Å². The van der Waals surface area contributed by atoms with Gasteiger partial charge in [0.1, 0.15) is 23.4 Å². The molecule has 1 aromatic heterocycles. The quantitative estimate of drug-likeness (QED) is 0.323. The lowest BCUT2D eigenvalue weighted by Gasteiger charge is -2.39. The molecule has 0 saturated carbocycles. The minimum atomic E-state index is -0.533. The van der Waals surface area contributed by atoms with E-state index in [1.807, 2.05) is 86.3 Å². The first-order valence-corrected chi connectivity index (χ1v) is 15.1. The van der Waals surface area contributed by atoms with Gasteiger partial charge in [-0.15, -0.1) is 0 Å². The van der Waals surface area contributed by atoms with Crippen LogP contribution >= 0.6 is 15.9 Å². The fraction of sp³-hybridized carbons (Fsp3) is 0.438. The zero-order chi connectivity index (χ0) is 29.9. The van der Waals surface area contributed by atoms with Gasteiger partial charge in [0.25, 0.3) is 5.56 Å². The Morgan fingerprint density at radius 2 is 1.57 bits per heavy atom. The average molecular weight is 638 g/mol. The van der Waals surface area contributed by atoms with E-state index in [4.69, 9.17) is 14.5 Å². The van der Waals surface area contributed by atoms with Gasteiger partial charge in [0, 0.05) is 31.7 Å². The van der Waals surface area contributed by atoms with E-state index in [0.29, 0.717) is 42.3 Å². The van der Waals surface area contributed by atoms with E-state index in [9.17, 15) is 14.4 Å². The number of benzene rings is 2. The molecule has 0 N–H and O–H groups in total. The van der Waals surface area contributed by atoms with E-state index >= 15 is 0 Å². The highest BCUT2D eigenvalue weighted by Gasteiger charge is 2.43. The van der Waals surface area contributed by atoms with Crippen LogP contribution in [0.5, 0.6) is 0 Å². The smallest absolute Gasteiger partial charge is 0.410 e. The van der Waals surface area contributed by atoms with E-state index in [-0.39, 0.29) is 30.2 Å². The number of hydrogen-bond acceptors (Lipinski definition) is 7. The summed E-state index contributed by atoms with van der Waals surface area (Å²) in [6.07, 6.45) is 2.27. The van der Waals surface area contributed by atoms with Crippen molar-refractivity contribution in [3.8, 4) is 11.3 Å². The van der Waals surface area contributed by atoms with Crippen molar-refractivity contribution < 1.29 is 19.1 Å². The Morgan fingerprint density at radius 3 is 2.21 bits per heavy atom. The van der Waals surface area contributed by atoms with Crippen LogP contribution in [-0.2, 0) is 27.4 Å². The summed E-state index contributed by atoms with van der Waals surface area (Å²) in [5, 5.41) is 0. The molecule has 9 nitrogen and oxygen atoms in total. The van der Waals surface area contributed by atoms with Crippen molar-refractivity contribution in [1.82, 2.24) is 14.5 Å². The number of carbonyl (C=O) groups excluding carboxylic acids is 2. The SMILES string of the molecule is CC(C)(C)OC(=O)N1CCC2(CC1)CCN(c1nc(Br)c(-c3ccccc3)n(CC(=O)OCc3ccccc3)c1=O)C2. The molecule has 42 heavy (non-hydrogen) atoms. The number of aromatic nitrogens is 2. The molecule has 2 aromatic carbocycles. The van der Waals surface area contributed by atoms with Gasteiger partial charge in [-0.05, 0) is 66.9 Å². The molecule has 0 aliphatic carbocycles. The van der Waals surface area contributed by atoms with Crippen molar-refractivity contribution in [1.29, 1.82) is 0 Å². The Kier molecular flexibility index (Phi) is 8.73. The van der Waals surface area contributed by atoms with Gasteiger partial charge in [0.15, 0.2) is 5.82 Å². The Balaban J connectivity index is 1.36. The van der Waals surface area contributed by atoms with Crippen LogP contribution in [0, 0.1) is 5.41 Å². The molecule has 2 aliphatic rings. The van der Waals surface area contributed by atoms with Crippen LogP contribution in [0.15, 0.2) is 70.1 Å². The van der Waals surface area contributed by atoms with Gasteiger partial charge in [0.05, 0.1) is 5.69 Å². The first kappa shape index (κ1) is 29.8. The van der Waals surface area contributed by atoms with Gasteiger partial charge < -0.3 is 19.3 Å². The summed E-state index contributed by atoms with van der Waals surface area (Å²) in [7, 11) is 0. The monoisotopic (exact) mass is 636 g/mol. The number of anilines is 1. The first-order chi connectivity index (χ1) is 20.0. The number of esters is 1. The van der Waals surface area contributed by atoms with Gasteiger partial charge in [-0.2, -0.15) is 0 Å². The molecule has 0 unspecified atom stereocenters. The van der Waals surface area contributed by atoms with Gasteiger partial charge in [-0.3, -0.25) is 14.2 Å². The van der Waals surface area contributed by atoms with Crippen molar-refractivity contribution in [2.75, 3.05) is 31.1 Å². The van der Waals surface area contributed by atoms with Gasteiger partial charge in [-0.25, -0.2) is 9.78 Å². The summed E-state index contributed by atoms with van der Waals surface area (Å²) in [5.41, 5.74) is 1.28. The largest absolute Gasteiger partial charge is 0.459 e. The third-order valence-electron chi connectivity index (χ3n) is 7.90. The Morgan fingerprint density at radius 1 is 0.952 bits per heavy atom. The van der Waals surface area contributed by atoms with Crippen LogP contribution in [0.3, 0.4) is 0 Å². The Bertz CT molecular complexity index is 1480. The van der Waals surface area contributed by atoms with E-state index in [2.05, 4.69) is 15.9 Å².